The van der Waals surface area contributed by atoms with Crippen molar-refractivity contribution >= 4 is 21.4 Å². The summed E-state index contributed by atoms with van der Waals surface area (Å²) in [6.45, 7) is 7.26. The van der Waals surface area contributed by atoms with Crippen LogP contribution in [0.1, 0.15) is 52.0 Å². The Labute approximate surface area is 114 Å². The molecule has 0 saturated heterocycles. The van der Waals surface area contributed by atoms with Gasteiger partial charge in [0.05, 0.1) is 0 Å². The zero-order valence-corrected chi connectivity index (χ0v) is 12.4. The smallest absolute Gasteiger partial charge is 0.0345 e. The minimum absolute atomic E-state index is 0.355. The molecule has 0 unspecified atom stereocenters. The molecule has 0 radical (unpaired) electrons. The fourth-order valence-electron chi connectivity index (χ4n) is 3.75. The molecule has 96 valence electrons. The molecule has 1 saturated carbocycles. The Bertz CT molecular complexity index is 550. The molecule has 1 aliphatic rings. The number of hydrogen-bond donors (Lipinski definition) is 0. The van der Waals surface area contributed by atoms with Crippen molar-refractivity contribution in [3.63, 3.8) is 0 Å². The highest BCUT2D eigenvalue weighted by atomic mass is 32.1. The van der Waals surface area contributed by atoms with Crippen molar-refractivity contribution in [3.05, 3.63) is 35.2 Å². The zero-order chi connectivity index (χ0) is 12.8. The Morgan fingerprint density at radius 2 is 1.72 bits per heavy atom. The first kappa shape index (κ1) is 12.2. The molecule has 0 N–H and O–H groups in total. The molecule has 1 heterocycles. The van der Waals surface area contributed by atoms with Gasteiger partial charge in [0.1, 0.15) is 0 Å². The summed E-state index contributed by atoms with van der Waals surface area (Å²) in [5, 5.41) is 3.93. The maximum Gasteiger partial charge on any atom is 0.0345 e. The molecule has 1 aromatic heterocycles. The number of fused-ring (bicyclic) bond motifs is 1. The van der Waals surface area contributed by atoms with Crippen molar-refractivity contribution in [1.29, 1.82) is 0 Å². The fourth-order valence-corrected chi connectivity index (χ4v) is 4.81. The molecule has 0 spiro atoms. The molecule has 18 heavy (non-hydrogen) atoms. The summed E-state index contributed by atoms with van der Waals surface area (Å²) in [5.41, 5.74) is 2.37. The van der Waals surface area contributed by atoms with Crippen molar-refractivity contribution in [1.82, 2.24) is 0 Å². The molecule has 0 bridgehead atoms. The predicted octanol–water partition coefficient (Wildman–Crippen LogP) is 5.76. The molecule has 3 rings (SSSR count). The van der Waals surface area contributed by atoms with E-state index in [1.54, 1.807) is 5.56 Å². The van der Waals surface area contributed by atoms with Gasteiger partial charge in [-0.2, -0.15) is 0 Å². The van der Waals surface area contributed by atoms with E-state index >= 15 is 0 Å². The van der Waals surface area contributed by atoms with Crippen LogP contribution in [0.2, 0.25) is 0 Å². The second-order valence-corrected chi connectivity index (χ2v) is 7.60. The molecule has 1 fully saturated rings. The average Bonchev–Trinajstić information content (AvgIpc) is 2.94. The van der Waals surface area contributed by atoms with Crippen molar-refractivity contribution in [2.45, 2.75) is 51.9 Å². The van der Waals surface area contributed by atoms with E-state index in [2.05, 4.69) is 50.4 Å². The van der Waals surface area contributed by atoms with E-state index in [-0.39, 0.29) is 0 Å². The summed E-state index contributed by atoms with van der Waals surface area (Å²) < 4.78 is 1.45. The highest BCUT2D eigenvalue weighted by Gasteiger charge is 2.46. The zero-order valence-electron chi connectivity index (χ0n) is 11.6. The topological polar surface area (TPSA) is 0 Å². The Balaban J connectivity index is 2.22. The van der Waals surface area contributed by atoms with Gasteiger partial charge in [0.25, 0.3) is 0 Å². The quantitative estimate of drug-likeness (QED) is 0.610. The first-order valence-corrected chi connectivity index (χ1v) is 7.89. The van der Waals surface area contributed by atoms with E-state index in [0.29, 0.717) is 10.8 Å². The van der Waals surface area contributed by atoms with Crippen molar-refractivity contribution in [2.24, 2.45) is 5.41 Å². The number of hydrogen-bond acceptors (Lipinski definition) is 1. The van der Waals surface area contributed by atoms with Crippen LogP contribution in [-0.2, 0) is 5.41 Å². The van der Waals surface area contributed by atoms with Crippen LogP contribution >= 0.6 is 11.3 Å². The summed E-state index contributed by atoms with van der Waals surface area (Å²) in [6, 6.07) is 8.91. The van der Waals surface area contributed by atoms with Crippen LogP contribution < -0.4 is 0 Å². The van der Waals surface area contributed by atoms with Crippen molar-refractivity contribution < 1.29 is 0 Å². The summed E-state index contributed by atoms with van der Waals surface area (Å²) >= 11 is 1.92. The number of benzene rings is 1. The maximum atomic E-state index is 2.43. The van der Waals surface area contributed by atoms with E-state index in [1.165, 1.54) is 35.8 Å². The molecule has 0 amide bonds. The second kappa shape index (κ2) is 4.09. The second-order valence-electron chi connectivity index (χ2n) is 6.68. The van der Waals surface area contributed by atoms with Gasteiger partial charge in [0, 0.05) is 10.1 Å². The van der Waals surface area contributed by atoms with E-state index in [1.807, 2.05) is 11.3 Å². The molecule has 2 aromatic rings. The lowest BCUT2D eigenvalue weighted by Crippen LogP contribution is -2.37. The molecular weight excluding hydrogens is 236 g/mol. The highest BCUT2D eigenvalue weighted by molar-refractivity contribution is 7.17. The first-order chi connectivity index (χ1) is 8.55. The Morgan fingerprint density at radius 1 is 1.06 bits per heavy atom. The normalized spacial score (nSPS) is 19.5. The van der Waals surface area contributed by atoms with Gasteiger partial charge in [0.2, 0.25) is 0 Å². The van der Waals surface area contributed by atoms with Gasteiger partial charge < -0.3 is 0 Å². The number of thiophene rings is 1. The van der Waals surface area contributed by atoms with E-state index in [9.17, 15) is 0 Å². The SMILES string of the molecule is CC(C)(C)C1(c2csc3ccccc23)CCCC1. The molecule has 0 nitrogen and oxygen atoms in total. The third-order valence-electron chi connectivity index (χ3n) is 4.89. The molecule has 1 aromatic carbocycles. The van der Waals surface area contributed by atoms with Crippen molar-refractivity contribution in [3.8, 4) is 0 Å². The van der Waals surface area contributed by atoms with Gasteiger partial charge in [-0.1, -0.05) is 51.8 Å². The summed E-state index contributed by atoms with van der Waals surface area (Å²) in [4.78, 5) is 0. The summed E-state index contributed by atoms with van der Waals surface area (Å²) in [7, 11) is 0. The molecule has 1 aliphatic carbocycles. The third-order valence-corrected chi connectivity index (χ3v) is 5.85. The lowest BCUT2D eigenvalue weighted by molar-refractivity contribution is 0.189. The van der Waals surface area contributed by atoms with Gasteiger partial charge >= 0.3 is 0 Å². The van der Waals surface area contributed by atoms with Crippen LogP contribution in [-0.4, -0.2) is 0 Å². The van der Waals surface area contributed by atoms with Gasteiger partial charge in [0.15, 0.2) is 0 Å². The van der Waals surface area contributed by atoms with Gasteiger partial charge in [-0.3, -0.25) is 0 Å². The predicted molar refractivity (Wildman–Crippen MR) is 81.4 cm³/mol. The molecule has 1 heteroatoms. The lowest BCUT2D eigenvalue weighted by atomic mass is 9.61. The molecule has 0 atom stereocenters. The average molecular weight is 258 g/mol. The van der Waals surface area contributed by atoms with Gasteiger partial charge in [-0.15, -0.1) is 11.3 Å². The first-order valence-electron chi connectivity index (χ1n) is 7.01. The van der Waals surface area contributed by atoms with E-state index in [0.717, 1.165) is 0 Å². The summed E-state index contributed by atoms with van der Waals surface area (Å²) in [6.07, 6.45) is 5.50. The van der Waals surface area contributed by atoms with Gasteiger partial charge in [-0.05, 0) is 40.7 Å². The maximum absolute atomic E-state index is 2.43. The minimum Gasteiger partial charge on any atom is -0.144 e. The van der Waals surface area contributed by atoms with Crippen LogP contribution in [0.25, 0.3) is 10.1 Å². The monoisotopic (exact) mass is 258 g/mol. The fraction of sp³-hybridized carbons (Fsp3) is 0.529. The third kappa shape index (κ3) is 1.64. The molecule has 0 aliphatic heterocycles. The summed E-state index contributed by atoms with van der Waals surface area (Å²) in [5.74, 6) is 0. The standard InChI is InChI=1S/C17H22S/c1-16(2,3)17(10-6-7-11-17)14-12-18-15-9-5-4-8-13(14)15/h4-5,8-9,12H,6-7,10-11H2,1-3H3. The Hall–Kier alpha value is -0.820. The van der Waals surface area contributed by atoms with E-state index < -0.39 is 0 Å². The minimum atomic E-state index is 0.355. The Morgan fingerprint density at radius 3 is 2.39 bits per heavy atom. The van der Waals surface area contributed by atoms with Crippen LogP contribution in [0.4, 0.5) is 0 Å². The highest BCUT2D eigenvalue weighted by Crippen LogP contribution is 2.55. The van der Waals surface area contributed by atoms with Gasteiger partial charge in [-0.25, -0.2) is 0 Å². The largest absolute Gasteiger partial charge is 0.144 e. The van der Waals surface area contributed by atoms with Crippen LogP contribution in [0.3, 0.4) is 0 Å². The van der Waals surface area contributed by atoms with Crippen LogP contribution in [0.5, 0.6) is 0 Å². The number of rotatable bonds is 1. The van der Waals surface area contributed by atoms with Crippen LogP contribution in [0, 0.1) is 5.41 Å². The Kier molecular flexibility index (Phi) is 2.78. The van der Waals surface area contributed by atoms with E-state index in [4.69, 9.17) is 0 Å². The lowest BCUT2D eigenvalue weighted by Gasteiger charge is -2.42. The van der Waals surface area contributed by atoms with Crippen LogP contribution in [0.15, 0.2) is 29.6 Å². The molecular formula is C17H22S. The van der Waals surface area contributed by atoms with Crippen molar-refractivity contribution in [2.75, 3.05) is 0 Å².